The molecule has 1 fully saturated rings. The highest BCUT2D eigenvalue weighted by Gasteiger charge is 2.20. The zero-order valence-electron chi connectivity index (χ0n) is 13.4. The molecule has 1 saturated heterocycles. The quantitative estimate of drug-likeness (QED) is 0.836. The van der Waals surface area contributed by atoms with E-state index in [0.29, 0.717) is 6.10 Å². The molecule has 0 amide bonds. The predicted molar refractivity (Wildman–Crippen MR) is 89.4 cm³/mol. The van der Waals surface area contributed by atoms with Gasteiger partial charge in [0.05, 0.1) is 13.2 Å². The Hall–Kier alpha value is -1.50. The van der Waals surface area contributed by atoms with Crippen molar-refractivity contribution >= 4 is 11.3 Å². The predicted octanol–water partition coefficient (Wildman–Crippen LogP) is 3.57. The van der Waals surface area contributed by atoms with E-state index in [1.165, 1.54) is 18.1 Å². The smallest absolute Gasteiger partial charge is 0.165 e. The van der Waals surface area contributed by atoms with Gasteiger partial charge in [0.2, 0.25) is 0 Å². The third-order valence-corrected chi connectivity index (χ3v) is 5.16. The van der Waals surface area contributed by atoms with Crippen molar-refractivity contribution < 1.29 is 13.9 Å². The minimum absolute atomic E-state index is 0.254. The SMILES string of the molecule is COc1ccc(-c2ncc(CN3CCCC(OC)C3)s2)cc1F. The van der Waals surface area contributed by atoms with Crippen LogP contribution in [0, 0.1) is 5.82 Å². The molecular weight excluding hydrogens is 315 g/mol. The molecule has 1 unspecified atom stereocenters. The molecule has 1 aromatic heterocycles. The number of aromatic nitrogens is 1. The lowest BCUT2D eigenvalue weighted by molar-refractivity contribution is 0.0289. The number of hydrogen-bond donors (Lipinski definition) is 0. The maximum absolute atomic E-state index is 13.8. The Balaban J connectivity index is 1.69. The first kappa shape index (κ1) is 16.4. The Morgan fingerprint density at radius 1 is 1.39 bits per heavy atom. The van der Waals surface area contributed by atoms with Crippen LogP contribution in [0.25, 0.3) is 10.6 Å². The van der Waals surface area contributed by atoms with E-state index in [0.717, 1.165) is 43.0 Å². The third kappa shape index (κ3) is 3.88. The standard InChI is InChI=1S/C17H21FN2O2S/c1-21-13-4-3-7-20(10-13)11-14-9-19-17(23-14)12-5-6-16(22-2)15(18)8-12/h5-6,8-9,13H,3-4,7,10-11H2,1-2H3. The molecule has 3 rings (SSSR count). The second-order valence-corrected chi connectivity index (χ2v) is 6.83. The van der Waals surface area contributed by atoms with Crippen molar-refractivity contribution in [3.05, 3.63) is 35.1 Å². The van der Waals surface area contributed by atoms with E-state index in [2.05, 4.69) is 9.88 Å². The molecular formula is C17H21FN2O2S. The average Bonchev–Trinajstić information content (AvgIpc) is 3.03. The second kappa shape index (κ2) is 7.38. The first-order valence-corrected chi connectivity index (χ1v) is 8.55. The molecule has 1 aliphatic rings. The van der Waals surface area contributed by atoms with Gasteiger partial charge in [0.1, 0.15) is 5.01 Å². The topological polar surface area (TPSA) is 34.6 Å². The normalized spacial score (nSPS) is 19.0. The number of likely N-dealkylation sites (tertiary alicyclic amines) is 1. The monoisotopic (exact) mass is 336 g/mol. The van der Waals surface area contributed by atoms with Crippen LogP contribution in [0.5, 0.6) is 5.75 Å². The van der Waals surface area contributed by atoms with Gasteiger partial charge in [-0.1, -0.05) is 0 Å². The van der Waals surface area contributed by atoms with Crippen LogP contribution in [0.2, 0.25) is 0 Å². The van der Waals surface area contributed by atoms with Gasteiger partial charge in [-0.2, -0.15) is 0 Å². The van der Waals surface area contributed by atoms with E-state index in [-0.39, 0.29) is 11.6 Å². The fraction of sp³-hybridized carbons (Fsp3) is 0.471. The molecule has 0 spiro atoms. The van der Waals surface area contributed by atoms with Gasteiger partial charge < -0.3 is 9.47 Å². The van der Waals surface area contributed by atoms with Crippen LogP contribution in [0.4, 0.5) is 4.39 Å². The van der Waals surface area contributed by atoms with Crippen LogP contribution in [-0.4, -0.2) is 43.3 Å². The number of rotatable bonds is 5. The Morgan fingerprint density at radius 2 is 2.26 bits per heavy atom. The van der Waals surface area contributed by atoms with Crippen molar-refractivity contribution in [2.24, 2.45) is 0 Å². The number of benzene rings is 1. The van der Waals surface area contributed by atoms with E-state index in [1.54, 1.807) is 24.5 Å². The van der Waals surface area contributed by atoms with Gasteiger partial charge in [-0.3, -0.25) is 4.90 Å². The molecule has 1 aromatic carbocycles. The molecule has 6 heteroatoms. The van der Waals surface area contributed by atoms with Crippen molar-refractivity contribution in [2.75, 3.05) is 27.3 Å². The summed E-state index contributed by atoms with van der Waals surface area (Å²) in [5, 5.41) is 0.835. The van der Waals surface area contributed by atoms with E-state index in [4.69, 9.17) is 9.47 Å². The Labute approximate surface area is 139 Å². The third-order valence-electron chi connectivity index (χ3n) is 4.13. The largest absolute Gasteiger partial charge is 0.494 e. The van der Waals surface area contributed by atoms with E-state index in [1.807, 2.05) is 12.3 Å². The van der Waals surface area contributed by atoms with E-state index >= 15 is 0 Å². The summed E-state index contributed by atoms with van der Waals surface area (Å²) in [6.07, 6.45) is 4.50. The zero-order chi connectivity index (χ0) is 16.2. The molecule has 124 valence electrons. The van der Waals surface area contributed by atoms with Gasteiger partial charge in [0, 0.05) is 36.8 Å². The highest BCUT2D eigenvalue weighted by molar-refractivity contribution is 7.15. The minimum atomic E-state index is -0.360. The van der Waals surface area contributed by atoms with Gasteiger partial charge >= 0.3 is 0 Å². The first-order valence-electron chi connectivity index (χ1n) is 7.73. The molecule has 0 aliphatic carbocycles. The number of thiazole rings is 1. The summed E-state index contributed by atoms with van der Waals surface area (Å²) in [4.78, 5) is 8.02. The van der Waals surface area contributed by atoms with Crippen molar-refractivity contribution in [2.45, 2.75) is 25.5 Å². The Morgan fingerprint density at radius 3 is 3.00 bits per heavy atom. The fourth-order valence-corrected chi connectivity index (χ4v) is 3.83. The summed E-state index contributed by atoms with van der Waals surface area (Å²) < 4.78 is 24.2. The highest BCUT2D eigenvalue weighted by Crippen LogP contribution is 2.29. The summed E-state index contributed by atoms with van der Waals surface area (Å²) >= 11 is 1.61. The number of nitrogens with zero attached hydrogens (tertiary/aromatic N) is 2. The fourth-order valence-electron chi connectivity index (χ4n) is 2.88. The van der Waals surface area contributed by atoms with Crippen LogP contribution >= 0.6 is 11.3 Å². The molecule has 1 atom stereocenters. The van der Waals surface area contributed by atoms with Crippen LogP contribution in [-0.2, 0) is 11.3 Å². The summed E-state index contributed by atoms with van der Waals surface area (Å²) in [6, 6.07) is 4.95. The molecule has 0 radical (unpaired) electrons. The second-order valence-electron chi connectivity index (χ2n) is 5.72. The average molecular weight is 336 g/mol. The molecule has 0 saturated carbocycles. The Kier molecular flexibility index (Phi) is 5.25. The first-order chi connectivity index (χ1) is 11.2. The van der Waals surface area contributed by atoms with E-state index in [9.17, 15) is 4.39 Å². The van der Waals surface area contributed by atoms with Crippen molar-refractivity contribution in [3.8, 4) is 16.3 Å². The van der Waals surface area contributed by atoms with Crippen molar-refractivity contribution in [1.82, 2.24) is 9.88 Å². The summed E-state index contributed by atoms with van der Waals surface area (Å²) in [5.74, 6) is -0.106. The van der Waals surface area contributed by atoms with Crippen LogP contribution in [0.3, 0.4) is 0 Å². The molecule has 0 N–H and O–H groups in total. The lowest BCUT2D eigenvalue weighted by atomic mass is 10.1. The van der Waals surface area contributed by atoms with Gasteiger partial charge in [0.15, 0.2) is 11.6 Å². The molecule has 2 heterocycles. The van der Waals surface area contributed by atoms with Gasteiger partial charge in [0.25, 0.3) is 0 Å². The number of hydrogen-bond acceptors (Lipinski definition) is 5. The zero-order valence-corrected chi connectivity index (χ0v) is 14.2. The lowest BCUT2D eigenvalue weighted by Crippen LogP contribution is -2.38. The lowest BCUT2D eigenvalue weighted by Gasteiger charge is -2.31. The highest BCUT2D eigenvalue weighted by atomic mass is 32.1. The van der Waals surface area contributed by atoms with Crippen molar-refractivity contribution in [1.29, 1.82) is 0 Å². The molecule has 0 bridgehead atoms. The molecule has 2 aromatic rings. The minimum Gasteiger partial charge on any atom is -0.494 e. The van der Waals surface area contributed by atoms with E-state index < -0.39 is 0 Å². The van der Waals surface area contributed by atoms with Gasteiger partial charge in [-0.15, -0.1) is 11.3 Å². The Bertz CT molecular complexity index is 662. The number of methoxy groups -OCH3 is 2. The summed E-state index contributed by atoms with van der Waals surface area (Å²) in [7, 11) is 3.24. The van der Waals surface area contributed by atoms with Gasteiger partial charge in [-0.25, -0.2) is 9.37 Å². The molecule has 4 nitrogen and oxygen atoms in total. The van der Waals surface area contributed by atoms with Crippen LogP contribution < -0.4 is 4.74 Å². The number of halogens is 1. The van der Waals surface area contributed by atoms with Crippen LogP contribution in [0.15, 0.2) is 24.4 Å². The molecule has 23 heavy (non-hydrogen) atoms. The maximum atomic E-state index is 13.8. The van der Waals surface area contributed by atoms with Crippen molar-refractivity contribution in [3.63, 3.8) is 0 Å². The van der Waals surface area contributed by atoms with Gasteiger partial charge in [-0.05, 0) is 37.6 Å². The number of piperidine rings is 1. The summed E-state index contributed by atoms with van der Waals surface area (Å²) in [6.45, 7) is 2.92. The van der Waals surface area contributed by atoms with Crippen LogP contribution in [0.1, 0.15) is 17.7 Å². The summed E-state index contributed by atoms with van der Waals surface area (Å²) in [5.41, 5.74) is 0.785. The maximum Gasteiger partial charge on any atom is 0.165 e. The number of ether oxygens (including phenoxy) is 2. The molecule has 1 aliphatic heterocycles.